The van der Waals surface area contributed by atoms with Crippen molar-refractivity contribution in [2.45, 2.75) is 51.7 Å². The SMILES string of the molecule is CNC(C)(C)CCC(C)(C)O. The third-order valence-electron chi connectivity index (χ3n) is 2.04. The highest BCUT2D eigenvalue weighted by molar-refractivity contribution is 4.79. The van der Waals surface area contributed by atoms with Crippen LogP contribution in [0.15, 0.2) is 0 Å². The van der Waals surface area contributed by atoms with Crippen LogP contribution in [0.4, 0.5) is 0 Å². The summed E-state index contributed by atoms with van der Waals surface area (Å²) in [6.45, 7) is 7.97. The minimum atomic E-state index is -0.534. The van der Waals surface area contributed by atoms with Crippen LogP contribution in [0.1, 0.15) is 40.5 Å². The van der Waals surface area contributed by atoms with Gasteiger partial charge in [0.25, 0.3) is 0 Å². The smallest absolute Gasteiger partial charge is 0.0592 e. The monoisotopic (exact) mass is 159 g/mol. The van der Waals surface area contributed by atoms with E-state index in [4.69, 9.17) is 0 Å². The Balaban J connectivity index is 3.70. The van der Waals surface area contributed by atoms with Gasteiger partial charge in [-0.1, -0.05) is 0 Å². The predicted molar refractivity (Wildman–Crippen MR) is 48.7 cm³/mol. The van der Waals surface area contributed by atoms with Gasteiger partial charge in [-0.25, -0.2) is 0 Å². The molecule has 0 spiro atoms. The van der Waals surface area contributed by atoms with Gasteiger partial charge in [0.2, 0.25) is 0 Å². The van der Waals surface area contributed by atoms with Crippen molar-refractivity contribution in [3.63, 3.8) is 0 Å². The zero-order chi connectivity index (χ0) is 9.12. The molecular formula is C9H21NO. The molecule has 68 valence electrons. The summed E-state index contributed by atoms with van der Waals surface area (Å²) in [4.78, 5) is 0. The van der Waals surface area contributed by atoms with Gasteiger partial charge in [-0.15, -0.1) is 0 Å². The molecule has 0 saturated carbocycles. The van der Waals surface area contributed by atoms with Crippen LogP contribution < -0.4 is 5.32 Å². The van der Waals surface area contributed by atoms with Crippen LogP contribution in [0.5, 0.6) is 0 Å². The van der Waals surface area contributed by atoms with Crippen LogP contribution in [0, 0.1) is 0 Å². The molecule has 0 unspecified atom stereocenters. The number of hydrogen-bond acceptors (Lipinski definition) is 2. The molecule has 0 amide bonds. The van der Waals surface area contributed by atoms with E-state index in [2.05, 4.69) is 19.2 Å². The Kier molecular flexibility index (Phi) is 3.52. The Hall–Kier alpha value is -0.0800. The summed E-state index contributed by atoms with van der Waals surface area (Å²) in [6, 6.07) is 0. The van der Waals surface area contributed by atoms with Gasteiger partial charge in [0.05, 0.1) is 5.60 Å². The fraction of sp³-hybridized carbons (Fsp3) is 1.00. The number of aliphatic hydroxyl groups is 1. The topological polar surface area (TPSA) is 32.3 Å². The maximum absolute atomic E-state index is 9.45. The summed E-state index contributed by atoms with van der Waals surface area (Å²) in [7, 11) is 1.95. The van der Waals surface area contributed by atoms with Gasteiger partial charge in [-0.2, -0.15) is 0 Å². The quantitative estimate of drug-likeness (QED) is 0.652. The lowest BCUT2D eigenvalue weighted by Crippen LogP contribution is -2.38. The van der Waals surface area contributed by atoms with Crippen molar-refractivity contribution in [2.75, 3.05) is 7.05 Å². The molecule has 0 aliphatic rings. The minimum absolute atomic E-state index is 0.139. The molecule has 0 aromatic carbocycles. The number of rotatable bonds is 4. The Morgan fingerprint density at radius 2 is 1.55 bits per heavy atom. The van der Waals surface area contributed by atoms with Crippen molar-refractivity contribution in [3.8, 4) is 0 Å². The van der Waals surface area contributed by atoms with E-state index in [1.807, 2.05) is 20.9 Å². The van der Waals surface area contributed by atoms with Gasteiger partial charge in [0, 0.05) is 5.54 Å². The highest BCUT2D eigenvalue weighted by Gasteiger charge is 2.20. The zero-order valence-electron chi connectivity index (χ0n) is 8.36. The van der Waals surface area contributed by atoms with E-state index in [1.165, 1.54) is 0 Å². The molecule has 0 aliphatic carbocycles. The van der Waals surface area contributed by atoms with Crippen LogP contribution in [0.25, 0.3) is 0 Å². The summed E-state index contributed by atoms with van der Waals surface area (Å²) in [5.41, 5.74) is -0.395. The molecule has 0 atom stereocenters. The van der Waals surface area contributed by atoms with Crippen LogP contribution in [-0.4, -0.2) is 23.3 Å². The minimum Gasteiger partial charge on any atom is -0.390 e. The lowest BCUT2D eigenvalue weighted by molar-refractivity contribution is 0.0611. The van der Waals surface area contributed by atoms with Gasteiger partial charge in [-0.3, -0.25) is 0 Å². The summed E-state index contributed by atoms with van der Waals surface area (Å²) >= 11 is 0. The standard InChI is InChI=1S/C9H21NO/c1-8(2,10-5)6-7-9(3,4)11/h10-11H,6-7H2,1-5H3. The van der Waals surface area contributed by atoms with Gasteiger partial charge in [-0.05, 0) is 47.6 Å². The second-order valence-electron chi connectivity index (χ2n) is 4.45. The van der Waals surface area contributed by atoms with Crippen LogP contribution in [0.2, 0.25) is 0 Å². The third kappa shape index (κ3) is 6.32. The molecule has 0 aromatic rings. The fourth-order valence-electron chi connectivity index (χ4n) is 0.743. The first-order valence-electron chi connectivity index (χ1n) is 4.18. The van der Waals surface area contributed by atoms with Gasteiger partial charge >= 0.3 is 0 Å². The van der Waals surface area contributed by atoms with Crippen molar-refractivity contribution >= 4 is 0 Å². The summed E-state index contributed by atoms with van der Waals surface area (Å²) in [6.07, 6.45) is 1.83. The zero-order valence-corrected chi connectivity index (χ0v) is 8.36. The van der Waals surface area contributed by atoms with Crippen molar-refractivity contribution in [3.05, 3.63) is 0 Å². The molecule has 0 bridgehead atoms. The Labute approximate surface area is 70.0 Å². The van der Waals surface area contributed by atoms with Crippen molar-refractivity contribution < 1.29 is 5.11 Å². The molecule has 0 heterocycles. The lowest BCUT2D eigenvalue weighted by Gasteiger charge is -2.27. The normalized spacial score (nSPS) is 13.6. The van der Waals surface area contributed by atoms with E-state index in [9.17, 15) is 5.11 Å². The molecule has 0 rings (SSSR count). The average Bonchev–Trinajstić information content (AvgIpc) is 1.83. The van der Waals surface area contributed by atoms with Crippen LogP contribution in [0.3, 0.4) is 0 Å². The summed E-state index contributed by atoms with van der Waals surface area (Å²) in [5, 5.41) is 12.7. The summed E-state index contributed by atoms with van der Waals surface area (Å²) < 4.78 is 0. The Morgan fingerprint density at radius 3 is 1.82 bits per heavy atom. The molecule has 0 radical (unpaired) electrons. The first-order valence-corrected chi connectivity index (χ1v) is 4.18. The third-order valence-corrected chi connectivity index (χ3v) is 2.04. The van der Waals surface area contributed by atoms with E-state index in [1.54, 1.807) is 0 Å². The molecule has 0 aliphatic heterocycles. The maximum Gasteiger partial charge on any atom is 0.0592 e. The average molecular weight is 159 g/mol. The van der Waals surface area contributed by atoms with Crippen LogP contribution >= 0.6 is 0 Å². The van der Waals surface area contributed by atoms with E-state index in [-0.39, 0.29) is 5.54 Å². The molecule has 2 nitrogen and oxygen atoms in total. The van der Waals surface area contributed by atoms with Gasteiger partial charge in [0.15, 0.2) is 0 Å². The number of nitrogens with one attached hydrogen (secondary N) is 1. The van der Waals surface area contributed by atoms with Gasteiger partial charge in [0.1, 0.15) is 0 Å². The van der Waals surface area contributed by atoms with Crippen molar-refractivity contribution in [2.24, 2.45) is 0 Å². The lowest BCUT2D eigenvalue weighted by atomic mass is 9.92. The molecule has 0 saturated heterocycles. The highest BCUT2D eigenvalue weighted by Crippen LogP contribution is 2.17. The largest absolute Gasteiger partial charge is 0.390 e. The highest BCUT2D eigenvalue weighted by atomic mass is 16.3. The van der Waals surface area contributed by atoms with Crippen molar-refractivity contribution in [1.29, 1.82) is 0 Å². The second-order valence-corrected chi connectivity index (χ2v) is 4.45. The van der Waals surface area contributed by atoms with Crippen LogP contribution in [-0.2, 0) is 0 Å². The Morgan fingerprint density at radius 1 is 1.09 bits per heavy atom. The molecule has 0 aromatic heterocycles. The first kappa shape index (κ1) is 10.9. The Bertz CT molecular complexity index is 113. The molecule has 2 N–H and O–H groups in total. The molecule has 2 heteroatoms. The van der Waals surface area contributed by atoms with E-state index >= 15 is 0 Å². The fourth-order valence-corrected chi connectivity index (χ4v) is 0.743. The molecule has 0 fully saturated rings. The molecular weight excluding hydrogens is 138 g/mol. The predicted octanol–water partition coefficient (Wildman–Crippen LogP) is 1.54. The van der Waals surface area contributed by atoms with E-state index in [0.717, 1.165) is 12.8 Å². The summed E-state index contributed by atoms with van der Waals surface area (Å²) in [5.74, 6) is 0. The van der Waals surface area contributed by atoms with E-state index < -0.39 is 5.60 Å². The first-order chi connectivity index (χ1) is 4.77. The van der Waals surface area contributed by atoms with Gasteiger partial charge < -0.3 is 10.4 Å². The number of hydrogen-bond donors (Lipinski definition) is 2. The van der Waals surface area contributed by atoms with Crippen molar-refractivity contribution in [1.82, 2.24) is 5.32 Å². The maximum atomic E-state index is 9.45. The van der Waals surface area contributed by atoms with E-state index in [0.29, 0.717) is 0 Å². The second kappa shape index (κ2) is 3.55. The molecule has 11 heavy (non-hydrogen) atoms.